The van der Waals surface area contributed by atoms with E-state index in [1.807, 2.05) is 11.8 Å². The van der Waals surface area contributed by atoms with Gasteiger partial charge in [-0.05, 0) is 44.2 Å². The quantitative estimate of drug-likeness (QED) is 0.759. The maximum absolute atomic E-state index is 13.6. The predicted molar refractivity (Wildman–Crippen MR) is 80.3 cm³/mol. The molecule has 5 heteroatoms. The number of likely N-dealkylation sites (N-methyl/N-ethyl adjacent to an activating group) is 1. The highest BCUT2D eigenvalue weighted by Gasteiger charge is 2.17. The van der Waals surface area contributed by atoms with Crippen molar-refractivity contribution in [3.63, 3.8) is 0 Å². The van der Waals surface area contributed by atoms with Gasteiger partial charge < -0.3 is 10.2 Å². The summed E-state index contributed by atoms with van der Waals surface area (Å²) in [4.78, 5) is 12.5. The van der Waals surface area contributed by atoms with Crippen LogP contribution in [0.5, 0.6) is 0 Å². The molecule has 0 radical (unpaired) electrons. The van der Waals surface area contributed by atoms with Gasteiger partial charge in [-0.3, -0.25) is 4.90 Å². The van der Waals surface area contributed by atoms with Gasteiger partial charge in [-0.2, -0.15) is 0 Å². The lowest BCUT2D eigenvalue weighted by Crippen LogP contribution is -2.38. The van der Waals surface area contributed by atoms with Crippen molar-refractivity contribution in [1.82, 2.24) is 4.90 Å². The van der Waals surface area contributed by atoms with Crippen LogP contribution in [0.3, 0.4) is 0 Å². The van der Waals surface area contributed by atoms with Crippen molar-refractivity contribution in [3.05, 3.63) is 41.2 Å². The second kappa shape index (κ2) is 7.33. The maximum Gasteiger partial charge on any atom is 0.328 e. The number of carboxylic acid groups (broad SMARTS) is 1. The standard InChI is InChI=1S/C16H22FNO3/c1-4-18(11-16(2,3)21)10-12-5-7-14(17)13(9-12)6-8-15(19)20/h5-9,21H,4,10-11H2,1-3H3,(H,19,20). The number of rotatable bonds is 7. The molecule has 0 amide bonds. The first-order valence-electron chi connectivity index (χ1n) is 6.85. The summed E-state index contributed by atoms with van der Waals surface area (Å²) >= 11 is 0. The minimum absolute atomic E-state index is 0.245. The van der Waals surface area contributed by atoms with Gasteiger partial charge in [0.05, 0.1) is 5.60 Å². The maximum atomic E-state index is 13.6. The Morgan fingerprint density at radius 3 is 2.62 bits per heavy atom. The van der Waals surface area contributed by atoms with Gasteiger partial charge in [0.2, 0.25) is 0 Å². The molecule has 4 nitrogen and oxygen atoms in total. The van der Waals surface area contributed by atoms with E-state index in [-0.39, 0.29) is 5.56 Å². The van der Waals surface area contributed by atoms with E-state index >= 15 is 0 Å². The summed E-state index contributed by atoms with van der Waals surface area (Å²) in [7, 11) is 0. The zero-order valence-corrected chi connectivity index (χ0v) is 12.6. The fourth-order valence-electron chi connectivity index (χ4n) is 2.07. The lowest BCUT2D eigenvalue weighted by molar-refractivity contribution is -0.131. The van der Waals surface area contributed by atoms with Gasteiger partial charge in [0.25, 0.3) is 0 Å². The molecule has 0 heterocycles. The Balaban J connectivity index is 2.88. The number of hydrogen-bond donors (Lipinski definition) is 2. The molecule has 116 valence electrons. The lowest BCUT2D eigenvalue weighted by Gasteiger charge is -2.28. The number of carbonyl (C=O) groups is 1. The highest BCUT2D eigenvalue weighted by molar-refractivity contribution is 5.85. The normalized spacial score (nSPS) is 12.3. The molecular formula is C16H22FNO3. The molecule has 0 bridgehead atoms. The minimum Gasteiger partial charge on any atom is -0.478 e. The van der Waals surface area contributed by atoms with E-state index < -0.39 is 17.4 Å². The topological polar surface area (TPSA) is 60.8 Å². The van der Waals surface area contributed by atoms with Crippen molar-refractivity contribution in [2.45, 2.75) is 32.9 Å². The molecule has 0 saturated heterocycles. The first-order chi connectivity index (χ1) is 9.71. The third-order valence-corrected chi connectivity index (χ3v) is 2.93. The molecule has 0 atom stereocenters. The molecule has 0 unspecified atom stereocenters. The number of aliphatic hydroxyl groups is 1. The number of hydrogen-bond acceptors (Lipinski definition) is 3. The predicted octanol–water partition coefficient (Wildman–Crippen LogP) is 2.52. The summed E-state index contributed by atoms with van der Waals surface area (Å²) in [6.07, 6.45) is 2.16. The van der Waals surface area contributed by atoms with E-state index in [1.54, 1.807) is 26.0 Å². The molecule has 21 heavy (non-hydrogen) atoms. The monoisotopic (exact) mass is 295 g/mol. The second-order valence-corrected chi connectivity index (χ2v) is 5.64. The number of nitrogens with zero attached hydrogens (tertiary/aromatic N) is 1. The van der Waals surface area contributed by atoms with E-state index in [2.05, 4.69) is 0 Å². The van der Waals surface area contributed by atoms with Crippen molar-refractivity contribution in [2.75, 3.05) is 13.1 Å². The Bertz CT molecular complexity index is 521. The summed E-state index contributed by atoms with van der Waals surface area (Å²) in [5, 5.41) is 18.5. The van der Waals surface area contributed by atoms with E-state index in [4.69, 9.17) is 5.11 Å². The molecule has 1 aromatic rings. The van der Waals surface area contributed by atoms with Crippen LogP contribution in [0, 0.1) is 5.82 Å². The van der Waals surface area contributed by atoms with Crippen molar-refractivity contribution < 1.29 is 19.4 Å². The molecule has 0 aliphatic carbocycles. The van der Waals surface area contributed by atoms with Crippen LogP contribution in [0.15, 0.2) is 24.3 Å². The average molecular weight is 295 g/mol. The summed E-state index contributed by atoms with van der Waals surface area (Å²) in [6.45, 7) is 7.28. The van der Waals surface area contributed by atoms with Gasteiger partial charge in [-0.1, -0.05) is 13.0 Å². The first-order valence-corrected chi connectivity index (χ1v) is 6.85. The second-order valence-electron chi connectivity index (χ2n) is 5.64. The van der Waals surface area contributed by atoms with Crippen LogP contribution in [-0.2, 0) is 11.3 Å². The molecule has 1 rings (SSSR count). The van der Waals surface area contributed by atoms with Crippen LogP contribution in [0.1, 0.15) is 31.9 Å². The molecule has 1 aromatic carbocycles. The van der Waals surface area contributed by atoms with E-state index in [0.717, 1.165) is 18.2 Å². The zero-order chi connectivity index (χ0) is 16.0. The van der Waals surface area contributed by atoms with Gasteiger partial charge in [0, 0.05) is 24.7 Å². The zero-order valence-electron chi connectivity index (χ0n) is 12.6. The van der Waals surface area contributed by atoms with Gasteiger partial charge >= 0.3 is 5.97 Å². The van der Waals surface area contributed by atoms with Gasteiger partial charge in [-0.25, -0.2) is 9.18 Å². The molecule has 0 saturated carbocycles. The molecule has 0 fully saturated rings. The van der Waals surface area contributed by atoms with Crippen LogP contribution in [0.25, 0.3) is 6.08 Å². The van der Waals surface area contributed by atoms with Gasteiger partial charge in [0.15, 0.2) is 0 Å². The van der Waals surface area contributed by atoms with Gasteiger partial charge in [-0.15, -0.1) is 0 Å². The summed E-state index contributed by atoms with van der Waals surface area (Å²) < 4.78 is 13.6. The first kappa shape index (κ1) is 17.3. The summed E-state index contributed by atoms with van der Waals surface area (Å²) in [6, 6.07) is 4.62. The number of aliphatic carboxylic acids is 1. The Morgan fingerprint density at radius 2 is 2.10 bits per heavy atom. The Hall–Kier alpha value is -1.72. The van der Waals surface area contributed by atoms with Crippen LogP contribution in [0.2, 0.25) is 0 Å². The van der Waals surface area contributed by atoms with Crippen LogP contribution >= 0.6 is 0 Å². The third-order valence-electron chi connectivity index (χ3n) is 2.93. The number of benzene rings is 1. The Kier molecular flexibility index (Phi) is 6.05. The van der Waals surface area contributed by atoms with Crippen molar-refractivity contribution in [2.24, 2.45) is 0 Å². The Morgan fingerprint density at radius 1 is 1.43 bits per heavy atom. The van der Waals surface area contributed by atoms with E-state index in [1.165, 1.54) is 12.1 Å². The number of halogens is 1. The van der Waals surface area contributed by atoms with E-state index in [9.17, 15) is 14.3 Å². The van der Waals surface area contributed by atoms with Crippen molar-refractivity contribution in [3.8, 4) is 0 Å². The smallest absolute Gasteiger partial charge is 0.328 e. The molecule has 0 spiro atoms. The highest BCUT2D eigenvalue weighted by Crippen LogP contribution is 2.15. The van der Waals surface area contributed by atoms with Crippen LogP contribution < -0.4 is 0 Å². The average Bonchev–Trinajstić information content (AvgIpc) is 2.36. The summed E-state index contributed by atoms with van der Waals surface area (Å²) in [5.41, 5.74) is 0.309. The van der Waals surface area contributed by atoms with Crippen molar-refractivity contribution >= 4 is 12.0 Å². The van der Waals surface area contributed by atoms with E-state index in [0.29, 0.717) is 13.1 Å². The third kappa shape index (κ3) is 6.51. The molecule has 0 aromatic heterocycles. The lowest BCUT2D eigenvalue weighted by atomic mass is 10.1. The Labute approximate surface area is 124 Å². The molecule has 2 N–H and O–H groups in total. The van der Waals surface area contributed by atoms with Crippen LogP contribution in [0.4, 0.5) is 4.39 Å². The number of carboxylic acids is 1. The fourth-order valence-corrected chi connectivity index (χ4v) is 2.07. The van der Waals surface area contributed by atoms with Crippen LogP contribution in [-0.4, -0.2) is 39.8 Å². The molecular weight excluding hydrogens is 273 g/mol. The SMILES string of the molecule is CCN(Cc1ccc(F)c(C=CC(=O)O)c1)CC(C)(C)O. The largest absolute Gasteiger partial charge is 0.478 e. The minimum atomic E-state index is -1.11. The molecule has 0 aliphatic heterocycles. The highest BCUT2D eigenvalue weighted by atomic mass is 19.1. The molecule has 0 aliphatic rings. The fraction of sp³-hybridized carbons (Fsp3) is 0.438. The summed E-state index contributed by atoms with van der Waals surface area (Å²) in [5.74, 6) is -1.57. The van der Waals surface area contributed by atoms with Crippen molar-refractivity contribution in [1.29, 1.82) is 0 Å². The van der Waals surface area contributed by atoms with Gasteiger partial charge in [0.1, 0.15) is 5.82 Å².